The van der Waals surface area contributed by atoms with Gasteiger partial charge in [0.2, 0.25) is 0 Å². The molecule has 1 N–H and O–H groups in total. The van der Waals surface area contributed by atoms with Gasteiger partial charge >= 0.3 is 0 Å². The maximum absolute atomic E-state index is 3.56. The topological polar surface area (TPSA) is 15.3 Å². The largest absolute Gasteiger partial charge is 0.383 e. The Kier molecular flexibility index (Phi) is 2.91. The van der Waals surface area contributed by atoms with Gasteiger partial charge in [-0.05, 0) is 30.0 Å². The Morgan fingerprint density at radius 3 is 2.75 bits per heavy atom. The molecule has 0 unspecified atom stereocenters. The Labute approximate surface area is 106 Å². The summed E-state index contributed by atoms with van der Waals surface area (Å²) in [6, 6.07) is 4.34. The first kappa shape index (κ1) is 11.8. The van der Waals surface area contributed by atoms with Crippen molar-refractivity contribution in [2.24, 2.45) is 5.41 Å². The third-order valence-corrected chi connectivity index (χ3v) is 3.53. The minimum Gasteiger partial charge on any atom is -0.383 e. The molecule has 0 spiro atoms. The van der Waals surface area contributed by atoms with E-state index in [1.165, 1.54) is 16.9 Å². The number of halogens is 1. The smallest absolute Gasteiger partial charge is 0.0630 e. The molecule has 0 saturated heterocycles. The standard InChI is InChI=1S/C13H19BrN2/c1-9-5-10(14)6-11-12(9)16(4)8-13(2,3)7-15-11/h5-6,15H,7-8H2,1-4H3. The van der Waals surface area contributed by atoms with Crippen LogP contribution in [-0.4, -0.2) is 20.1 Å². The van der Waals surface area contributed by atoms with Crippen molar-refractivity contribution in [2.45, 2.75) is 20.8 Å². The zero-order valence-corrected chi connectivity index (χ0v) is 12.0. The second kappa shape index (κ2) is 3.95. The first-order chi connectivity index (χ1) is 7.39. The van der Waals surface area contributed by atoms with Crippen molar-refractivity contribution in [3.05, 3.63) is 22.2 Å². The van der Waals surface area contributed by atoms with E-state index < -0.39 is 0 Å². The molecule has 0 fully saturated rings. The van der Waals surface area contributed by atoms with Crippen molar-refractivity contribution in [1.82, 2.24) is 0 Å². The van der Waals surface area contributed by atoms with Crippen LogP contribution in [-0.2, 0) is 0 Å². The molecule has 0 atom stereocenters. The lowest BCUT2D eigenvalue weighted by Gasteiger charge is -2.28. The van der Waals surface area contributed by atoms with E-state index in [0.29, 0.717) is 5.41 Å². The first-order valence-electron chi connectivity index (χ1n) is 5.64. The average molecular weight is 283 g/mol. The Hall–Kier alpha value is -0.700. The highest BCUT2D eigenvalue weighted by molar-refractivity contribution is 9.10. The molecule has 88 valence electrons. The van der Waals surface area contributed by atoms with Crippen molar-refractivity contribution in [2.75, 3.05) is 30.4 Å². The Morgan fingerprint density at radius 1 is 1.38 bits per heavy atom. The number of aryl methyl sites for hydroxylation is 1. The maximum atomic E-state index is 3.56. The zero-order chi connectivity index (χ0) is 11.9. The van der Waals surface area contributed by atoms with Crippen molar-refractivity contribution in [3.63, 3.8) is 0 Å². The minimum atomic E-state index is 0.298. The molecule has 0 radical (unpaired) electrons. The first-order valence-corrected chi connectivity index (χ1v) is 6.43. The molecular weight excluding hydrogens is 264 g/mol. The summed E-state index contributed by atoms with van der Waals surface area (Å²) < 4.78 is 1.14. The summed E-state index contributed by atoms with van der Waals surface area (Å²) in [7, 11) is 2.18. The highest BCUT2D eigenvalue weighted by Crippen LogP contribution is 2.37. The van der Waals surface area contributed by atoms with Gasteiger partial charge in [-0.3, -0.25) is 0 Å². The molecule has 1 heterocycles. The molecular formula is C13H19BrN2. The van der Waals surface area contributed by atoms with Crippen molar-refractivity contribution in [3.8, 4) is 0 Å². The lowest BCUT2D eigenvalue weighted by atomic mass is 9.93. The normalized spacial score (nSPS) is 18.7. The highest BCUT2D eigenvalue weighted by atomic mass is 79.9. The van der Waals surface area contributed by atoms with Crippen LogP contribution in [0.5, 0.6) is 0 Å². The van der Waals surface area contributed by atoms with Crippen LogP contribution < -0.4 is 10.2 Å². The lowest BCUT2D eigenvalue weighted by molar-refractivity contribution is 0.402. The summed E-state index contributed by atoms with van der Waals surface area (Å²) in [5, 5.41) is 3.56. The van der Waals surface area contributed by atoms with Crippen LogP contribution >= 0.6 is 15.9 Å². The Morgan fingerprint density at radius 2 is 2.06 bits per heavy atom. The lowest BCUT2D eigenvalue weighted by Crippen LogP contribution is -2.33. The fraction of sp³-hybridized carbons (Fsp3) is 0.538. The van der Waals surface area contributed by atoms with Crippen LogP contribution in [0.15, 0.2) is 16.6 Å². The fourth-order valence-corrected chi connectivity index (χ4v) is 3.06. The van der Waals surface area contributed by atoms with Gasteiger partial charge in [-0.25, -0.2) is 0 Å². The number of rotatable bonds is 0. The second-order valence-corrected chi connectivity index (χ2v) is 6.41. The molecule has 1 aliphatic rings. The van der Waals surface area contributed by atoms with Gasteiger partial charge in [0.25, 0.3) is 0 Å². The van der Waals surface area contributed by atoms with Gasteiger partial charge in [0.1, 0.15) is 0 Å². The second-order valence-electron chi connectivity index (χ2n) is 5.49. The molecule has 2 rings (SSSR count). The van der Waals surface area contributed by atoms with E-state index in [-0.39, 0.29) is 0 Å². The summed E-state index contributed by atoms with van der Waals surface area (Å²) in [5.74, 6) is 0. The van der Waals surface area contributed by atoms with E-state index in [4.69, 9.17) is 0 Å². The molecule has 2 nitrogen and oxygen atoms in total. The van der Waals surface area contributed by atoms with Crippen LogP contribution in [0.4, 0.5) is 11.4 Å². The van der Waals surface area contributed by atoms with Gasteiger partial charge in [0.15, 0.2) is 0 Å². The van der Waals surface area contributed by atoms with E-state index in [0.717, 1.165) is 17.6 Å². The van der Waals surface area contributed by atoms with E-state index in [2.05, 4.69) is 66.1 Å². The number of hydrogen-bond acceptors (Lipinski definition) is 2. The summed E-state index contributed by atoms with van der Waals surface area (Å²) >= 11 is 3.56. The van der Waals surface area contributed by atoms with Crippen LogP contribution in [0.3, 0.4) is 0 Å². The molecule has 1 aromatic carbocycles. The minimum absolute atomic E-state index is 0.298. The van der Waals surface area contributed by atoms with Crippen LogP contribution in [0, 0.1) is 12.3 Å². The predicted molar refractivity (Wildman–Crippen MR) is 74.4 cm³/mol. The SMILES string of the molecule is Cc1cc(Br)cc2c1N(C)CC(C)(C)CN2. The number of nitrogens with one attached hydrogen (secondary N) is 1. The van der Waals surface area contributed by atoms with Crippen molar-refractivity contribution >= 4 is 27.3 Å². The third-order valence-electron chi connectivity index (χ3n) is 3.07. The Balaban J connectivity index is 2.49. The average Bonchev–Trinajstić information content (AvgIpc) is 2.22. The number of nitrogens with zero attached hydrogens (tertiary/aromatic N) is 1. The van der Waals surface area contributed by atoms with Crippen LogP contribution in [0.25, 0.3) is 0 Å². The quantitative estimate of drug-likeness (QED) is 0.782. The number of benzene rings is 1. The molecule has 0 bridgehead atoms. The molecule has 1 aliphatic heterocycles. The summed E-state index contributed by atoms with van der Waals surface area (Å²) in [6.45, 7) is 8.86. The fourth-order valence-electron chi connectivity index (χ4n) is 2.49. The van der Waals surface area contributed by atoms with Gasteiger partial charge in [-0.15, -0.1) is 0 Å². The maximum Gasteiger partial charge on any atom is 0.0630 e. The van der Waals surface area contributed by atoms with Gasteiger partial charge in [-0.2, -0.15) is 0 Å². The Bertz CT molecular complexity index is 413. The molecule has 16 heavy (non-hydrogen) atoms. The van der Waals surface area contributed by atoms with Gasteiger partial charge in [-0.1, -0.05) is 29.8 Å². The molecule has 0 aliphatic carbocycles. The molecule has 0 amide bonds. The van der Waals surface area contributed by atoms with Crippen LogP contribution in [0.1, 0.15) is 19.4 Å². The highest BCUT2D eigenvalue weighted by Gasteiger charge is 2.26. The van der Waals surface area contributed by atoms with Crippen LogP contribution in [0.2, 0.25) is 0 Å². The molecule has 0 saturated carbocycles. The molecule has 0 aromatic heterocycles. The number of hydrogen-bond donors (Lipinski definition) is 1. The summed E-state index contributed by atoms with van der Waals surface area (Å²) in [4.78, 5) is 2.36. The summed E-state index contributed by atoms with van der Waals surface area (Å²) in [6.07, 6.45) is 0. The van der Waals surface area contributed by atoms with E-state index >= 15 is 0 Å². The molecule has 3 heteroatoms. The zero-order valence-electron chi connectivity index (χ0n) is 10.4. The van der Waals surface area contributed by atoms with Crippen molar-refractivity contribution < 1.29 is 0 Å². The van der Waals surface area contributed by atoms with E-state index in [9.17, 15) is 0 Å². The van der Waals surface area contributed by atoms with E-state index in [1.54, 1.807) is 0 Å². The number of anilines is 2. The van der Waals surface area contributed by atoms with Crippen molar-refractivity contribution in [1.29, 1.82) is 0 Å². The van der Waals surface area contributed by atoms with E-state index in [1.807, 2.05) is 0 Å². The monoisotopic (exact) mass is 282 g/mol. The van der Waals surface area contributed by atoms with Gasteiger partial charge in [0.05, 0.1) is 11.4 Å². The third kappa shape index (κ3) is 2.19. The van der Waals surface area contributed by atoms with Gasteiger partial charge in [0, 0.05) is 24.6 Å². The number of fused-ring (bicyclic) bond motifs is 1. The molecule has 1 aromatic rings. The predicted octanol–water partition coefficient (Wildman–Crippen LogP) is 3.65. The summed E-state index contributed by atoms with van der Waals surface area (Å²) in [5.41, 5.74) is 4.18. The van der Waals surface area contributed by atoms with Gasteiger partial charge < -0.3 is 10.2 Å².